The largest absolute Gasteiger partial charge is 0.486 e. The van der Waals surface area contributed by atoms with E-state index in [9.17, 15) is 5.11 Å². The number of benzene rings is 1. The van der Waals surface area contributed by atoms with E-state index in [0.29, 0.717) is 0 Å². The molecule has 0 heterocycles. The van der Waals surface area contributed by atoms with E-state index in [4.69, 9.17) is 4.74 Å². The van der Waals surface area contributed by atoms with Gasteiger partial charge >= 0.3 is 0 Å². The summed E-state index contributed by atoms with van der Waals surface area (Å²) in [5.41, 5.74) is 0.832. The van der Waals surface area contributed by atoms with Crippen molar-refractivity contribution in [2.45, 2.75) is 38.4 Å². The molecule has 2 nitrogen and oxygen atoms in total. The summed E-state index contributed by atoms with van der Waals surface area (Å²) in [6, 6.07) is 5.76. The average Bonchev–Trinajstić information content (AvgIpc) is 2.32. The zero-order valence-corrected chi connectivity index (χ0v) is 11.5. The first kappa shape index (κ1) is 12.7. The summed E-state index contributed by atoms with van der Waals surface area (Å²) in [7, 11) is 0. The lowest BCUT2D eigenvalue weighted by atomic mass is 10.0. The summed E-state index contributed by atoms with van der Waals surface area (Å²) >= 11 is 3.41. The van der Waals surface area contributed by atoms with Gasteiger partial charge < -0.3 is 9.84 Å². The number of hydrogen-bond acceptors (Lipinski definition) is 2. The molecule has 1 N–H and O–H groups in total. The molecule has 3 heteroatoms. The second-order valence-corrected chi connectivity index (χ2v) is 5.29. The molecule has 0 saturated heterocycles. The molecule has 0 radical (unpaired) electrons. The standard InChI is InChI=1S/C14H17BrO2/c1-10(16)13-9-11(15)7-8-14(13)17-12-5-3-2-4-6-12/h3,5,7-10,12,16H,2,4,6H2,1H3. The Hall–Kier alpha value is -0.800. The van der Waals surface area contributed by atoms with E-state index in [1.54, 1.807) is 6.92 Å². The van der Waals surface area contributed by atoms with Crippen LogP contribution in [0.1, 0.15) is 37.9 Å². The molecule has 17 heavy (non-hydrogen) atoms. The van der Waals surface area contributed by atoms with E-state index in [0.717, 1.165) is 28.6 Å². The van der Waals surface area contributed by atoms with Crippen LogP contribution in [0.25, 0.3) is 0 Å². The molecule has 1 aliphatic rings. The van der Waals surface area contributed by atoms with Crippen molar-refractivity contribution in [1.29, 1.82) is 0 Å². The van der Waals surface area contributed by atoms with E-state index in [1.165, 1.54) is 6.42 Å². The third kappa shape index (κ3) is 3.33. The van der Waals surface area contributed by atoms with Crippen LogP contribution in [0.4, 0.5) is 0 Å². The third-order valence-electron chi connectivity index (χ3n) is 2.91. The highest BCUT2D eigenvalue weighted by Crippen LogP contribution is 2.30. The number of ether oxygens (including phenoxy) is 1. The van der Waals surface area contributed by atoms with Crippen molar-refractivity contribution in [3.63, 3.8) is 0 Å². The van der Waals surface area contributed by atoms with Gasteiger partial charge in [0.25, 0.3) is 0 Å². The lowest BCUT2D eigenvalue weighted by Crippen LogP contribution is -2.16. The van der Waals surface area contributed by atoms with Gasteiger partial charge in [-0.1, -0.05) is 22.0 Å². The Morgan fingerprint density at radius 2 is 2.29 bits per heavy atom. The summed E-state index contributed by atoms with van der Waals surface area (Å²) in [5.74, 6) is 0.778. The Morgan fingerprint density at radius 1 is 1.47 bits per heavy atom. The van der Waals surface area contributed by atoms with Gasteiger partial charge in [-0.2, -0.15) is 0 Å². The fraction of sp³-hybridized carbons (Fsp3) is 0.429. The lowest BCUT2D eigenvalue weighted by molar-refractivity contribution is 0.180. The van der Waals surface area contributed by atoms with Crippen LogP contribution in [0, 0.1) is 0 Å². The van der Waals surface area contributed by atoms with Crippen molar-refractivity contribution >= 4 is 15.9 Å². The average molecular weight is 297 g/mol. The monoisotopic (exact) mass is 296 g/mol. The first-order valence-electron chi connectivity index (χ1n) is 5.97. The van der Waals surface area contributed by atoms with Crippen LogP contribution in [0.3, 0.4) is 0 Å². The Bertz CT molecular complexity index is 413. The van der Waals surface area contributed by atoms with E-state index in [2.05, 4.69) is 28.1 Å². The van der Waals surface area contributed by atoms with Gasteiger partial charge in [0.05, 0.1) is 6.10 Å². The molecule has 0 spiro atoms. The number of allylic oxidation sites excluding steroid dienone is 1. The Labute approximate surface area is 110 Å². The molecule has 0 fully saturated rings. The van der Waals surface area contributed by atoms with Crippen molar-refractivity contribution in [3.05, 3.63) is 40.4 Å². The zero-order valence-electron chi connectivity index (χ0n) is 9.90. The molecule has 92 valence electrons. The molecule has 1 aromatic rings. The second-order valence-electron chi connectivity index (χ2n) is 4.37. The summed E-state index contributed by atoms with van der Waals surface area (Å²) in [6.45, 7) is 1.76. The Kier molecular flexibility index (Phi) is 4.24. The molecule has 0 saturated carbocycles. The maximum atomic E-state index is 9.74. The fourth-order valence-electron chi connectivity index (χ4n) is 2.00. The van der Waals surface area contributed by atoms with Crippen molar-refractivity contribution in [2.24, 2.45) is 0 Å². The highest BCUT2D eigenvalue weighted by molar-refractivity contribution is 9.10. The van der Waals surface area contributed by atoms with Crippen LogP contribution in [-0.2, 0) is 0 Å². The van der Waals surface area contributed by atoms with Crippen molar-refractivity contribution in [3.8, 4) is 5.75 Å². The quantitative estimate of drug-likeness (QED) is 0.855. The van der Waals surface area contributed by atoms with Crippen LogP contribution in [-0.4, -0.2) is 11.2 Å². The Balaban J connectivity index is 2.19. The van der Waals surface area contributed by atoms with Gasteiger partial charge in [-0.3, -0.25) is 0 Å². The van der Waals surface area contributed by atoms with Crippen LogP contribution < -0.4 is 4.74 Å². The fourth-order valence-corrected chi connectivity index (χ4v) is 2.37. The normalized spacial score (nSPS) is 21.2. The smallest absolute Gasteiger partial charge is 0.126 e. The minimum atomic E-state index is -0.518. The first-order chi connectivity index (χ1) is 8.16. The minimum Gasteiger partial charge on any atom is -0.486 e. The summed E-state index contributed by atoms with van der Waals surface area (Å²) in [6.07, 6.45) is 7.25. The second kappa shape index (κ2) is 5.69. The van der Waals surface area contributed by atoms with E-state index in [-0.39, 0.29) is 6.10 Å². The van der Waals surface area contributed by atoms with Crippen molar-refractivity contribution in [2.75, 3.05) is 0 Å². The SMILES string of the molecule is CC(O)c1cc(Br)ccc1OC1C=CCCC1. The predicted octanol–water partition coefficient (Wildman–Crippen LogP) is 3.99. The highest BCUT2D eigenvalue weighted by atomic mass is 79.9. The van der Waals surface area contributed by atoms with Crippen LogP contribution in [0.15, 0.2) is 34.8 Å². The molecular weight excluding hydrogens is 280 g/mol. The number of hydrogen-bond donors (Lipinski definition) is 1. The molecule has 2 rings (SSSR count). The molecular formula is C14H17BrO2. The molecule has 2 unspecified atom stereocenters. The molecule has 0 aromatic heterocycles. The Morgan fingerprint density at radius 3 is 2.94 bits per heavy atom. The maximum absolute atomic E-state index is 9.74. The topological polar surface area (TPSA) is 29.5 Å². The van der Waals surface area contributed by atoms with E-state index in [1.807, 2.05) is 18.2 Å². The van der Waals surface area contributed by atoms with Crippen LogP contribution in [0.2, 0.25) is 0 Å². The van der Waals surface area contributed by atoms with E-state index < -0.39 is 6.10 Å². The van der Waals surface area contributed by atoms with Gasteiger partial charge in [0, 0.05) is 10.0 Å². The van der Waals surface area contributed by atoms with Gasteiger partial charge in [0.15, 0.2) is 0 Å². The molecule has 0 aliphatic heterocycles. The zero-order chi connectivity index (χ0) is 12.3. The molecule has 1 aliphatic carbocycles. The van der Waals surface area contributed by atoms with Gasteiger partial charge in [-0.25, -0.2) is 0 Å². The number of halogens is 1. The minimum absolute atomic E-state index is 0.141. The van der Waals surface area contributed by atoms with Crippen molar-refractivity contribution < 1.29 is 9.84 Å². The number of aliphatic hydroxyl groups excluding tert-OH is 1. The number of aliphatic hydroxyl groups is 1. The molecule has 0 amide bonds. The van der Waals surface area contributed by atoms with Gasteiger partial charge in [0.2, 0.25) is 0 Å². The number of rotatable bonds is 3. The first-order valence-corrected chi connectivity index (χ1v) is 6.77. The highest BCUT2D eigenvalue weighted by Gasteiger charge is 2.15. The van der Waals surface area contributed by atoms with E-state index >= 15 is 0 Å². The third-order valence-corrected chi connectivity index (χ3v) is 3.40. The molecule has 2 atom stereocenters. The summed E-state index contributed by atoms with van der Waals surface area (Å²) in [5, 5.41) is 9.74. The van der Waals surface area contributed by atoms with Gasteiger partial charge in [0.1, 0.15) is 11.9 Å². The van der Waals surface area contributed by atoms with Gasteiger partial charge in [-0.15, -0.1) is 0 Å². The van der Waals surface area contributed by atoms with Crippen LogP contribution in [0.5, 0.6) is 5.75 Å². The summed E-state index contributed by atoms with van der Waals surface area (Å²) in [4.78, 5) is 0. The predicted molar refractivity (Wildman–Crippen MR) is 72.2 cm³/mol. The maximum Gasteiger partial charge on any atom is 0.126 e. The summed E-state index contributed by atoms with van der Waals surface area (Å²) < 4.78 is 6.89. The molecule has 1 aromatic carbocycles. The van der Waals surface area contributed by atoms with Crippen LogP contribution >= 0.6 is 15.9 Å². The van der Waals surface area contributed by atoms with Crippen molar-refractivity contribution in [1.82, 2.24) is 0 Å². The van der Waals surface area contributed by atoms with Gasteiger partial charge in [-0.05, 0) is 50.5 Å². The molecule has 0 bridgehead atoms. The lowest BCUT2D eigenvalue weighted by Gasteiger charge is -2.21.